The molecule has 1 aliphatic heterocycles. The summed E-state index contributed by atoms with van der Waals surface area (Å²) in [5.41, 5.74) is 0. The fraction of sp³-hybridized carbons (Fsp3) is 0.894. The number of hydrogen-bond donors (Lipinski definition) is 0. The first-order chi connectivity index (χ1) is 39.9. The lowest BCUT2D eigenvalue weighted by molar-refractivity contribution is -0.200. The van der Waals surface area contributed by atoms with Gasteiger partial charge in [0.1, 0.15) is 12.7 Å². The molecule has 1 heterocycles. The highest BCUT2D eigenvalue weighted by Gasteiger charge is 2.52. The van der Waals surface area contributed by atoms with E-state index in [-0.39, 0.29) is 50.2 Å². The molecule has 478 valence electrons. The molecule has 0 aromatic rings. The van der Waals surface area contributed by atoms with E-state index in [1.165, 1.54) is 77.0 Å². The van der Waals surface area contributed by atoms with Crippen LogP contribution in [0, 0.1) is 0 Å². The highest BCUT2D eigenvalue weighted by molar-refractivity contribution is 5.72. The van der Waals surface area contributed by atoms with Crippen molar-refractivity contribution < 1.29 is 71.5 Å². The Morgan fingerprint density at radius 2 is 0.573 bits per heavy atom. The topological polar surface area (TPSA) is 197 Å². The van der Waals surface area contributed by atoms with Gasteiger partial charge in [-0.3, -0.25) is 33.6 Å². The lowest BCUT2D eigenvalue weighted by Gasteiger charge is -2.24. The maximum Gasteiger partial charge on any atom is 0.308 e. The Morgan fingerprint density at radius 1 is 0.305 bits per heavy atom. The minimum atomic E-state index is -1.39. The number of unbranched alkanes of at least 4 members (excludes halogenated alkanes) is 31. The molecule has 0 bridgehead atoms. The summed E-state index contributed by atoms with van der Waals surface area (Å²) < 4.78 is 46.0. The standard InChI is InChI=1S/C66H119NO15/c1-6-9-12-15-17-26-35-45-58(69)76-53-40-31-22-19-28-37-47-61(72)80-64-56(55-78-60(71)50-43-51-67(4)5)79-66(82-63(74)49-39-30-21-24-33-42-52-75-57(68)44-34-25-14-11-8-3)65(64)81-62(73)48-38-29-20-23-32-41-54-77-59(70)46-36-27-18-16-13-10-7-2/h56,64-66H,6-55H2,1-5H3/t56-,64?,65+,66+/m1/s1. The van der Waals surface area contributed by atoms with Crippen molar-refractivity contribution in [2.45, 2.75) is 334 Å². The minimum Gasteiger partial charge on any atom is -0.466 e. The summed E-state index contributed by atoms with van der Waals surface area (Å²) in [7, 11) is 3.84. The average Bonchev–Trinajstić information content (AvgIpc) is 3.89. The third-order valence-corrected chi connectivity index (χ3v) is 15.0. The number of nitrogens with zero attached hydrogens (tertiary/aromatic N) is 1. The highest BCUT2D eigenvalue weighted by atomic mass is 16.8. The Balaban J connectivity index is 2.80. The average molecular weight is 1170 g/mol. The second-order valence-corrected chi connectivity index (χ2v) is 23.2. The van der Waals surface area contributed by atoms with Crippen LogP contribution in [0.4, 0.5) is 0 Å². The molecule has 0 saturated carbocycles. The molecule has 82 heavy (non-hydrogen) atoms. The summed E-state index contributed by atoms with van der Waals surface area (Å²) in [5.74, 6) is -2.47. The Morgan fingerprint density at radius 3 is 0.915 bits per heavy atom. The molecule has 0 aromatic heterocycles. The molecular weight excluding hydrogens is 1050 g/mol. The quantitative estimate of drug-likeness (QED) is 0.0316. The van der Waals surface area contributed by atoms with Gasteiger partial charge in [0.05, 0.1) is 19.8 Å². The summed E-state index contributed by atoms with van der Waals surface area (Å²) in [6, 6.07) is 0. The minimum absolute atomic E-state index is 0.0861. The van der Waals surface area contributed by atoms with Crippen molar-refractivity contribution in [3.63, 3.8) is 0 Å². The molecule has 4 atom stereocenters. The van der Waals surface area contributed by atoms with Gasteiger partial charge in [-0.2, -0.15) is 0 Å². The van der Waals surface area contributed by atoms with Crippen LogP contribution in [0.3, 0.4) is 0 Å². The number of carbonyl (C=O) groups excluding carboxylic acids is 7. The second kappa shape index (κ2) is 55.1. The molecule has 0 spiro atoms. The first kappa shape index (κ1) is 76.2. The first-order valence-electron chi connectivity index (χ1n) is 33.4. The normalized spacial score (nSPS) is 15.8. The molecule has 0 N–H and O–H groups in total. The van der Waals surface area contributed by atoms with Gasteiger partial charge in [0, 0.05) is 44.9 Å². The van der Waals surface area contributed by atoms with Gasteiger partial charge in [-0.15, -0.1) is 0 Å². The van der Waals surface area contributed by atoms with Crippen molar-refractivity contribution in [2.75, 3.05) is 47.1 Å². The van der Waals surface area contributed by atoms with Crippen LogP contribution in [0.15, 0.2) is 0 Å². The highest BCUT2D eigenvalue weighted by Crippen LogP contribution is 2.30. The summed E-state index contributed by atoms with van der Waals surface area (Å²) in [4.78, 5) is 91.7. The van der Waals surface area contributed by atoms with E-state index in [1.807, 2.05) is 19.0 Å². The summed E-state index contributed by atoms with van der Waals surface area (Å²) in [6.07, 6.45) is 33.7. The molecule has 1 rings (SSSR count). The summed E-state index contributed by atoms with van der Waals surface area (Å²) in [6.45, 7) is 8.22. The predicted octanol–water partition coefficient (Wildman–Crippen LogP) is 15.4. The SMILES string of the molecule is CCCCCCCCCC(=O)OCCCCCCCCC(=O)OC1[C@@H](COC(=O)CCCN(C)C)O[C@@H](OC(=O)CCCCCCCCOC(=O)CCCCCCC)[C@H]1OC(=O)CCCCCCCCOC(=O)CCCCCCCCC. The van der Waals surface area contributed by atoms with Crippen LogP contribution in [0.2, 0.25) is 0 Å². The Labute approximate surface area is 497 Å². The van der Waals surface area contributed by atoms with Crippen molar-refractivity contribution in [3.8, 4) is 0 Å². The molecule has 0 radical (unpaired) electrons. The van der Waals surface area contributed by atoms with E-state index in [4.69, 9.17) is 37.9 Å². The van der Waals surface area contributed by atoms with Gasteiger partial charge in [-0.25, -0.2) is 0 Å². The van der Waals surface area contributed by atoms with Crippen molar-refractivity contribution in [1.29, 1.82) is 0 Å². The molecule has 1 saturated heterocycles. The van der Waals surface area contributed by atoms with E-state index in [0.717, 1.165) is 141 Å². The van der Waals surface area contributed by atoms with E-state index in [0.29, 0.717) is 71.3 Å². The lowest BCUT2D eigenvalue weighted by Crippen LogP contribution is -2.42. The third-order valence-electron chi connectivity index (χ3n) is 15.0. The molecule has 0 aliphatic carbocycles. The second-order valence-electron chi connectivity index (χ2n) is 23.2. The van der Waals surface area contributed by atoms with Crippen molar-refractivity contribution in [1.82, 2.24) is 4.90 Å². The van der Waals surface area contributed by atoms with E-state index in [9.17, 15) is 33.6 Å². The Hall–Kier alpha value is -3.79. The zero-order valence-corrected chi connectivity index (χ0v) is 52.7. The zero-order valence-electron chi connectivity index (χ0n) is 52.7. The maximum absolute atomic E-state index is 13.6. The van der Waals surface area contributed by atoms with Gasteiger partial charge >= 0.3 is 41.8 Å². The first-order valence-corrected chi connectivity index (χ1v) is 33.4. The molecular formula is C66H119NO15. The van der Waals surface area contributed by atoms with Crippen molar-refractivity contribution in [3.05, 3.63) is 0 Å². The molecule has 1 aliphatic rings. The Kier molecular flexibility index (Phi) is 51.2. The molecule has 0 aromatic carbocycles. The number of hydrogen-bond acceptors (Lipinski definition) is 16. The van der Waals surface area contributed by atoms with Crippen LogP contribution >= 0.6 is 0 Å². The van der Waals surface area contributed by atoms with Gasteiger partial charge in [0.25, 0.3) is 0 Å². The number of ether oxygens (including phenoxy) is 8. The van der Waals surface area contributed by atoms with Gasteiger partial charge in [0.2, 0.25) is 12.4 Å². The largest absolute Gasteiger partial charge is 0.466 e. The summed E-state index contributed by atoms with van der Waals surface area (Å²) >= 11 is 0. The molecule has 0 amide bonds. The maximum atomic E-state index is 13.6. The summed E-state index contributed by atoms with van der Waals surface area (Å²) in [5, 5.41) is 0. The number of esters is 7. The molecule has 1 unspecified atom stereocenters. The molecule has 16 nitrogen and oxygen atoms in total. The van der Waals surface area contributed by atoms with Crippen molar-refractivity contribution in [2.24, 2.45) is 0 Å². The lowest BCUT2D eigenvalue weighted by atomic mass is 10.1. The van der Waals surface area contributed by atoms with Crippen LogP contribution < -0.4 is 0 Å². The Bertz CT molecular complexity index is 1610. The van der Waals surface area contributed by atoms with E-state index >= 15 is 0 Å². The van der Waals surface area contributed by atoms with Crippen LogP contribution in [-0.2, 0) is 71.5 Å². The van der Waals surface area contributed by atoms with Gasteiger partial charge < -0.3 is 42.8 Å². The van der Waals surface area contributed by atoms with E-state index in [2.05, 4.69) is 20.8 Å². The van der Waals surface area contributed by atoms with Gasteiger partial charge in [-0.1, -0.05) is 201 Å². The fourth-order valence-corrected chi connectivity index (χ4v) is 9.92. The van der Waals surface area contributed by atoms with Crippen molar-refractivity contribution >= 4 is 41.8 Å². The van der Waals surface area contributed by atoms with E-state index in [1.54, 1.807) is 0 Å². The van der Waals surface area contributed by atoms with Gasteiger partial charge in [-0.05, 0) is 84.8 Å². The monoisotopic (exact) mass is 1170 g/mol. The van der Waals surface area contributed by atoms with Crippen LogP contribution in [-0.4, -0.2) is 118 Å². The zero-order chi connectivity index (χ0) is 59.9. The molecule has 16 heteroatoms. The smallest absolute Gasteiger partial charge is 0.308 e. The van der Waals surface area contributed by atoms with Crippen LogP contribution in [0.5, 0.6) is 0 Å². The van der Waals surface area contributed by atoms with Crippen LogP contribution in [0.1, 0.15) is 310 Å². The van der Waals surface area contributed by atoms with Gasteiger partial charge in [0.15, 0.2) is 6.10 Å². The third kappa shape index (κ3) is 46.6. The van der Waals surface area contributed by atoms with E-state index < -0.39 is 48.5 Å². The number of carbonyl (C=O) groups is 7. The predicted molar refractivity (Wildman–Crippen MR) is 322 cm³/mol. The number of rotatable bonds is 58. The van der Waals surface area contributed by atoms with Crippen LogP contribution in [0.25, 0.3) is 0 Å². The fourth-order valence-electron chi connectivity index (χ4n) is 9.92. The molecule has 1 fully saturated rings.